The summed E-state index contributed by atoms with van der Waals surface area (Å²) in [7, 11) is 0. The van der Waals surface area contributed by atoms with Crippen molar-refractivity contribution in [1.29, 1.82) is 0 Å². The molecule has 0 aromatic heterocycles. The van der Waals surface area contributed by atoms with Gasteiger partial charge in [0.05, 0.1) is 0 Å². The van der Waals surface area contributed by atoms with E-state index in [4.69, 9.17) is 12.2 Å². The first-order chi connectivity index (χ1) is 8.81. The quantitative estimate of drug-likeness (QED) is 0.664. The van der Waals surface area contributed by atoms with Crippen LogP contribution in [0.25, 0.3) is 10.8 Å². The average molecular weight is 273 g/mol. The first-order valence-corrected chi connectivity index (χ1v) is 7.19. The molecule has 0 aliphatic rings. The maximum atomic E-state index is 5.25. The van der Waals surface area contributed by atoms with Gasteiger partial charge in [0.2, 0.25) is 0 Å². The van der Waals surface area contributed by atoms with E-state index in [1.165, 1.54) is 16.3 Å². The Morgan fingerprint density at radius 1 is 1.22 bits per heavy atom. The maximum absolute atomic E-state index is 5.25. The molecule has 0 atom stereocenters. The van der Waals surface area contributed by atoms with Crippen molar-refractivity contribution in [3.05, 3.63) is 60.7 Å². The summed E-state index contributed by atoms with van der Waals surface area (Å²) in [5, 5.41) is 5.71. The fourth-order valence-electron chi connectivity index (χ4n) is 1.77. The number of thioether (sulfide) groups is 1. The molecule has 0 saturated carbocycles. The Balaban J connectivity index is 2.08. The first-order valence-electron chi connectivity index (χ1n) is 5.79. The van der Waals surface area contributed by atoms with Gasteiger partial charge in [-0.05, 0) is 16.3 Å². The lowest BCUT2D eigenvalue weighted by Gasteiger charge is -2.07. The normalized spacial score (nSPS) is 10.2. The van der Waals surface area contributed by atoms with E-state index in [1.807, 2.05) is 6.08 Å². The highest BCUT2D eigenvalue weighted by molar-refractivity contribution is 8.22. The van der Waals surface area contributed by atoms with Crippen LogP contribution < -0.4 is 5.32 Å². The molecular formula is C15H15NS2. The minimum absolute atomic E-state index is 0.724. The molecule has 0 aliphatic heterocycles. The average Bonchev–Trinajstić information content (AvgIpc) is 2.42. The van der Waals surface area contributed by atoms with Gasteiger partial charge in [-0.15, -0.1) is 6.58 Å². The highest BCUT2D eigenvalue weighted by Crippen LogP contribution is 2.22. The minimum atomic E-state index is 0.724. The molecule has 0 fully saturated rings. The molecule has 1 nitrogen and oxygen atoms in total. The van der Waals surface area contributed by atoms with Crippen molar-refractivity contribution in [1.82, 2.24) is 5.32 Å². The van der Waals surface area contributed by atoms with E-state index in [-0.39, 0.29) is 0 Å². The summed E-state index contributed by atoms with van der Waals surface area (Å²) in [6.07, 6.45) is 1.81. The minimum Gasteiger partial charge on any atom is -0.368 e. The van der Waals surface area contributed by atoms with Crippen LogP contribution in [0.3, 0.4) is 0 Å². The van der Waals surface area contributed by atoms with Crippen LogP contribution in [0.1, 0.15) is 5.56 Å². The van der Waals surface area contributed by atoms with Crippen molar-refractivity contribution in [3.63, 3.8) is 0 Å². The summed E-state index contributed by atoms with van der Waals surface area (Å²) in [4.78, 5) is 0. The summed E-state index contributed by atoms with van der Waals surface area (Å²) in [6, 6.07) is 14.8. The summed E-state index contributed by atoms with van der Waals surface area (Å²) >= 11 is 6.90. The molecule has 92 valence electrons. The smallest absolute Gasteiger partial charge is 0.134 e. The van der Waals surface area contributed by atoms with E-state index < -0.39 is 0 Å². The van der Waals surface area contributed by atoms with Gasteiger partial charge in [0.15, 0.2) is 0 Å². The van der Waals surface area contributed by atoms with Crippen molar-refractivity contribution in [2.45, 2.75) is 5.75 Å². The third-order valence-corrected chi connectivity index (χ3v) is 3.99. The molecule has 0 heterocycles. The van der Waals surface area contributed by atoms with E-state index in [0.717, 1.165) is 16.6 Å². The van der Waals surface area contributed by atoms with E-state index in [9.17, 15) is 0 Å². The highest BCUT2D eigenvalue weighted by Gasteiger charge is 2.02. The highest BCUT2D eigenvalue weighted by atomic mass is 32.2. The number of rotatable bonds is 4. The van der Waals surface area contributed by atoms with Gasteiger partial charge >= 0.3 is 0 Å². The van der Waals surface area contributed by atoms with E-state index in [1.54, 1.807) is 11.8 Å². The zero-order valence-corrected chi connectivity index (χ0v) is 11.7. The Labute approximate surface area is 117 Å². The molecule has 2 rings (SSSR count). The standard InChI is InChI=1S/C15H15NS2/c1-2-10-16-15(17)18-11-13-8-5-7-12-6-3-4-9-14(12)13/h2-9H,1,10-11H2,(H,16,17). The molecule has 0 aliphatic carbocycles. The number of hydrogen-bond acceptors (Lipinski definition) is 2. The third-order valence-electron chi connectivity index (χ3n) is 2.63. The molecule has 1 N–H and O–H groups in total. The number of hydrogen-bond donors (Lipinski definition) is 1. The van der Waals surface area contributed by atoms with Gasteiger partial charge in [-0.3, -0.25) is 0 Å². The fraction of sp³-hybridized carbons (Fsp3) is 0.133. The summed E-state index contributed by atoms with van der Waals surface area (Å²) in [5.74, 6) is 0.893. The second kappa shape index (κ2) is 6.57. The molecular weight excluding hydrogens is 258 g/mol. The topological polar surface area (TPSA) is 12.0 Å². The molecule has 0 spiro atoms. The molecule has 3 heteroatoms. The van der Waals surface area contributed by atoms with Crippen LogP contribution in [-0.2, 0) is 5.75 Å². The maximum Gasteiger partial charge on any atom is 0.134 e. The second-order valence-corrected chi connectivity index (χ2v) is 5.54. The van der Waals surface area contributed by atoms with E-state index >= 15 is 0 Å². The predicted octanol–water partition coefficient (Wildman–Crippen LogP) is 4.13. The van der Waals surface area contributed by atoms with Gasteiger partial charge in [0, 0.05) is 12.3 Å². The largest absolute Gasteiger partial charge is 0.368 e. The summed E-state index contributed by atoms with van der Waals surface area (Å²) in [6.45, 7) is 4.38. The summed E-state index contributed by atoms with van der Waals surface area (Å²) in [5.41, 5.74) is 1.32. The number of nitrogens with one attached hydrogen (secondary N) is 1. The van der Waals surface area contributed by atoms with Crippen molar-refractivity contribution >= 4 is 39.1 Å². The fourth-order valence-corrected chi connectivity index (χ4v) is 2.75. The number of benzene rings is 2. The Morgan fingerprint density at radius 2 is 2.00 bits per heavy atom. The number of fused-ring (bicyclic) bond motifs is 1. The zero-order valence-electron chi connectivity index (χ0n) is 10.1. The van der Waals surface area contributed by atoms with Gasteiger partial charge in [-0.25, -0.2) is 0 Å². The molecule has 0 radical (unpaired) electrons. The Kier molecular flexibility index (Phi) is 4.79. The Morgan fingerprint density at radius 3 is 2.83 bits per heavy atom. The van der Waals surface area contributed by atoms with E-state index in [0.29, 0.717) is 0 Å². The van der Waals surface area contributed by atoms with Gasteiger partial charge < -0.3 is 5.32 Å². The van der Waals surface area contributed by atoms with Crippen molar-refractivity contribution in [2.24, 2.45) is 0 Å². The van der Waals surface area contributed by atoms with Crippen LogP contribution in [0.4, 0.5) is 0 Å². The lowest BCUT2D eigenvalue weighted by atomic mass is 10.1. The molecule has 0 unspecified atom stereocenters. The molecule has 0 amide bonds. The van der Waals surface area contributed by atoms with Crippen LogP contribution in [0, 0.1) is 0 Å². The third kappa shape index (κ3) is 3.34. The Hall–Kier alpha value is -1.32. The van der Waals surface area contributed by atoms with Crippen LogP contribution in [0.2, 0.25) is 0 Å². The predicted molar refractivity (Wildman–Crippen MR) is 86.0 cm³/mol. The van der Waals surface area contributed by atoms with Crippen LogP contribution in [-0.4, -0.2) is 10.9 Å². The van der Waals surface area contributed by atoms with Crippen molar-refractivity contribution in [3.8, 4) is 0 Å². The molecule has 0 bridgehead atoms. The monoisotopic (exact) mass is 273 g/mol. The second-order valence-electron chi connectivity index (χ2n) is 3.88. The summed E-state index contributed by atoms with van der Waals surface area (Å²) < 4.78 is 0.822. The zero-order chi connectivity index (χ0) is 12.8. The molecule has 2 aromatic carbocycles. The SMILES string of the molecule is C=CCNC(=S)SCc1cccc2ccccc12. The van der Waals surface area contributed by atoms with Crippen LogP contribution in [0.15, 0.2) is 55.1 Å². The van der Waals surface area contributed by atoms with Gasteiger partial charge in [-0.2, -0.15) is 0 Å². The van der Waals surface area contributed by atoms with Crippen molar-refractivity contribution < 1.29 is 0 Å². The van der Waals surface area contributed by atoms with Gasteiger partial charge in [-0.1, -0.05) is 72.5 Å². The Bertz CT molecular complexity index is 558. The van der Waals surface area contributed by atoms with Crippen LogP contribution in [0.5, 0.6) is 0 Å². The van der Waals surface area contributed by atoms with E-state index in [2.05, 4.69) is 54.4 Å². The molecule has 2 aromatic rings. The number of thiocarbonyl (C=S) groups is 1. The van der Waals surface area contributed by atoms with Crippen LogP contribution >= 0.6 is 24.0 Å². The van der Waals surface area contributed by atoms with Gasteiger partial charge in [0.25, 0.3) is 0 Å². The lowest BCUT2D eigenvalue weighted by Crippen LogP contribution is -2.17. The molecule has 0 saturated heterocycles. The van der Waals surface area contributed by atoms with Gasteiger partial charge in [0.1, 0.15) is 4.32 Å². The first kappa shape index (κ1) is 13.1. The molecule has 18 heavy (non-hydrogen) atoms. The lowest BCUT2D eigenvalue weighted by molar-refractivity contribution is 1.08. The van der Waals surface area contributed by atoms with Crippen molar-refractivity contribution in [2.75, 3.05) is 6.54 Å².